The molecule has 7 heteroatoms. The number of ether oxygens (including phenoxy) is 1. The first-order chi connectivity index (χ1) is 7.36. The van der Waals surface area contributed by atoms with Crippen molar-refractivity contribution in [2.45, 2.75) is 0 Å². The van der Waals surface area contributed by atoms with Gasteiger partial charge in [0.2, 0.25) is 4.96 Å². The molecule has 0 unspecified atom stereocenters. The summed E-state index contributed by atoms with van der Waals surface area (Å²) in [7, 11) is 1.60. The summed E-state index contributed by atoms with van der Waals surface area (Å²) in [5, 5.41) is 7.64. The van der Waals surface area contributed by atoms with Crippen LogP contribution < -0.4 is 4.74 Å². The maximum absolute atomic E-state index is 5.02. The lowest BCUT2D eigenvalue weighted by molar-refractivity contribution is 0.405. The minimum absolute atomic E-state index is 0.614. The van der Waals surface area contributed by atoms with Crippen LogP contribution in [-0.2, 0) is 0 Å². The van der Waals surface area contributed by atoms with E-state index < -0.39 is 0 Å². The van der Waals surface area contributed by atoms with E-state index in [1.807, 2.05) is 11.6 Å². The standard InChI is InChI=1S/C8H6N4OS2/c1-13-8-11-12-4-5(10-7(12)15-8)6-9-2-3-14-6/h2-4H,1H3. The average Bonchev–Trinajstić information content (AvgIpc) is 2.91. The maximum Gasteiger partial charge on any atom is 0.294 e. The van der Waals surface area contributed by atoms with Crippen LogP contribution in [0.5, 0.6) is 5.19 Å². The molecule has 0 aliphatic rings. The van der Waals surface area contributed by atoms with Crippen molar-refractivity contribution in [2.75, 3.05) is 7.11 Å². The molecule has 0 saturated carbocycles. The van der Waals surface area contributed by atoms with E-state index >= 15 is 0 Å². The highest BCUT2D eigenvalue weighted by molar-refractivity contribution is 7.18. The summed E-state index contributed by atoms with van der Waals surface area (Å²) in [6, 6.07) is 0. The average molecular weight is 238 g/mol. The van der Waals surface area contributed by atoms with Crippen molar-refractivity contribution < 1.29 is 4.74 Å². The predicted molar refractivity (Wildman–Crippen MR) is 58.5 cm³/mol. The first-order valence-corrected chi connectivity index (χ1v) is 5.86. The molecule has 0 aromatic carbocycles. The zero-order valence-electron chi connectivity index (χ0n) is 7.75. The van der Waals surface area contributed by atoms with E-state index in [2.05, 4.69) is 15.1 Å². The fourth-order valence-corrected chi connectivity index (χ4v) is 2.51. The zero-order chi connectivity index (χ0) is 10.3. The Kier molecular flexibility index (Phi) is 1.93. The predicted octanol–water partition coefficient (Wildman–Crippen LogP) is 1.92. The molecule has 0 aliphatic heterocycles. The van der Waals surface area contributed by atoms with Crippen LogP contribution in [0.1, 0.15) is 0 Å². The van der Waals surface area contributed by atoms with E-state index in [-0.39, 0.29) is 0 Å². The van der Waals surface area contributed by atoms with Gasteiger partial charge in [0.1, 0.15) is 10.7 Å². The lowest BCUT2D eigenvalue weighted by Gasteiger charge is -1.87. The second-order valence-electron chi connectivity index (χ2n) is 2.76. The lowest BCUT2D eigenvalue weighted by Crippen LogP contribution is -1.84. The molecule has 0 atom stereocenters. The van der Waals surface area contributed by atoms with Gasteiger partial charge in [0.15, 0.2) is 0 Å². The summed E-state index contributed by atoms with van der Waals surface area (Å²) in [6.07, 6.45) is 3.62. The molecule has 0 spiro atoms. The third kappa shape index (κ3) is 1.40. The Hall–Kier alpha value is -1.47. The Morgan fingerprint density at radius 3 is 3.07 bits per heavy atom. The van der Waals surface area contributed by atoms with Gasteiger partial charge in [-0.05, 0) is 11.3 Å². The Labute approximate surface area is 93.0 Å². The monoisotopic (exact) mass is 238 g/mol. The minimum Gasteiger partial charge on any atom is -0.472 e. The zero-order valence-corrected chi connectivity index (χ0v) is 9.38. The van der Waals surface area contributed by atoms with Crippen molar-refractivity contribution in [3.05, 3.63) is 17.8 Å². The van der Waals surface area contributed by atoms with Gasteiger partial charge in [-0.1, -0.05) is 0 Å². The number of imidazole rings is 1. The van der Waals surface area contributed by atoms with Crippen molar-refractivity contribution >= 4 is 27.6 Å². The van der Waals surface area contributed by atoms with Crippen LogP contribution >= 0.6 is 22.7 Å². The summed E-state index contributed by atoms with van der Waals surface area (Å²) in [4.78, 5) is 9.42. The molecule has 0 aliphatic carbocycles. The van der Waals surface area contributed by atoms with Gasteiger partial charge in [-0.3, -0.25) is 0 Å². The normalized spacial score (nSPS) is 11.0. The third-order valence-electron chi connectivity index (χ3n) is 1.85. The minimum atomic E-state index is 0.614. The summed E-state index contributed by atoms with van der Waals surface area (Å²) < 4.78 is 6.73. The largest absolute Gasteiger partial charge is 0.472 e. The molecular weight excluding hydrogens is 232 g/mol. The summed E-state index contributed by atoms with van der Waals surface area (Å²) in [6.45, 7) is 0. The molecule has 3 heterocycles. The summed E-state index contributed by atoms with van der Waals surface area (Å²) >= 11 is 2.97. The van der Waals surface area contributed by atoms with Crippen LogP contribution in [0.3, 0.4) is 0 Å². The van der Waals surface area contributed by atoms with Gasteiger partial charge >= 0.3 is 0 Å². The first-order valence-electron chi connectivity index (χ1n) is 4.17. The molecule has 5 nitrogen and oxygen atoms in total. The van der Waals surface area contributed by atoms with Crippen molar-refractivity contribution in [3.8, 4) is 15.9 Å². The molecule has 15 heavy (non-hydrogen) atoms. The van der Waals surface area contributed by atoms with Crippen molar-refractivity contribution in [1.29, 1.82) is 0 Å². The van der Waals surface area contributed by atoms with E-state index in [0.717, 1.165) is 15.7 Å². The smallest absolute Gasteiger partial charge is 0.294 e. The maximum atomic E-state index is 5.02. The Balaban J connectivity index is 2.12. The molecule has 0 radical (unpaired) electrons. The fraction of sp³-hybridized carbons (Fsp3) is 0.125. The van der Waals surface area contributed by atoms with E-state index in [0.29, 0.717) is 5.19 Å². The molecule has 0 bridgehead atoms. The highest BCUT2D eigenvalue weighted by atomic mass is 32.1. The topological polar surface area (TPSA) is 52.3 Å². The van der Waals surface area contributed by atoms with E-state index in [1.54, 1.807) is 29.2 Å². The van der Waals surface area contributed by atoms with Crippen LogP contribution in [0.2, 0.25) is 0 Å². The van der Waals surface area contributed by atoms with Gasteiger partial charge in [-0.2, -0.15) is 0 Å². The first kappa shape index (κ1) is 8.81. The quantitative estimate of drug-likeness (QED) is 0.684. The van der Waals surface area contributed by atoms with Gasteiger partial charge in [-0.15, -0.1) is 16.4 Å². The van der Waals surface area contributed by atoms with Gasteiger partial charge in [0.05, 0.1) is 13.3 Å². The third-order valence-corrected chi connectivity index (χ3v) is 3.53. The highest BCUT2D eigenvalue weighted by Crippen LogP contribution is 2.26. The molecule has 0 saturated heterocycles. The number of aromatic nitrogens is 4. The van der Waals surface area contributed by atoms with Crippen molar-refractivity contribution in [3.63, 3.8) is 0 Å². The number of methoxy groups -OCH3 is 1. The molecular formula is C8H6N4OS2. The molecule has 3 aromatic heterocycles. The Bertz CT molecular complexity index is 551. The lowest BCUT2D eigenvalue weighted by atomic mass is 10.5. The SMILES string of the molecule is COc1nn2cc(-c3nccs3)nc2s1. The number of nitrogens with zero attached hydrogens (tertiary/aromatic N) is 4. The van der Waals surface area contributed by atoms with Crippen LogP contribution in [0.15, 0.2) is 17.8 Å². The Morgan fingerprint density at radius 1 is 1.47 bits per heavy atom. The van der Waals surface area contributed by atoms with Crippen LogP contribution in [0.4, 0.5) is 0 Å². The van der Waals surface area contributed by atoms with Crippen LogP contribution in [0, 0.1) is 0 Å². The summed E-state index contributed by atoms with van der Waals surface area (Å²) in [5.41, 5.74) is 0.853. The van der Waals surface area contributed by atoms with Gasteiger partial charge < -0.3 is 4.74 Å². The molecule has 0 fully saturated rings. The number of rotatable bonds is 2. The fourth-order valence-electron chi connectivity index (χ4n) is 1.22. The van der Waals surface area contributed by atoms with Crippen molar-refractivity contribution in [1.82, 2.24) is 19.6 Å². The van der Waals surface area contributed by atoms with Crippen LogP contribution in [0.25, 0.3) is 15.7 Å². The Morgan fingerprint density at radius 2 is 2.40 bits per heavy atom. The number of thiazole rings is 1. The van der Waals surface area contributed by atoms with E-state index in [1.165, 1.54) is 11.3 Å². The number of hydrogen-bond acceptors (Lipinski definition) is 6. The number of fused-ring (bicyclic) bond motifs is 1. The van der Waals surface area contributed by atoms with Gasteiger partial charge in [-0.25, -0.2) is 14.5 Å². The van der Waals surface area contributed by atoms with Crippen LogP contribution in [-0.4, -0.2) is 26.7 Å². The van der Waals surface area contributed by atoms with Gasteiger partial charge in [0, 0.05) is 11.6 Å². The molecule has 0 amide bonds. The molecule has 3 rings (SSSR count). The summed E-state index contributed by atoms with van der Waals surface area (Å²) in [5.74, 6) is 0. The second kappa shape index (κ2) is 3.28. The van der Waals surface area contributed by atoms with E-state index in [9.17, 15) is 0 Å². The second-order valence-corrected chi connectivity index (χ2v) is 4.58. The molecule has 76 valence electrons. The molecule has 3 aromatic rings. The van der Waals surface area contributed by atoms with Crippen molar-refractivity contribution in [2.24, 2.45) is 0 Å². The van der Waals surface area contributed by atoms with Gasteiger partial charge in [0.25, 0.3) is 5.19 Å². The highest BCUT2D eigenvalue weighted by Gasteiger charge is 2.10. The van der Waals surface area contributed by atoms with E-state index in [4.69, 9.17) is 4.74 Å². The molecule has 0 N–H and O–H groups in total. The number of hydrogen-bond donors (Lipinski definition) is 0.